The first-order valence-corrected chi connectivity index (χ1v) is 7.45. The number of nitrogens with zero attached hydrogens (tertiary/aromatic N) is 1. The van der Waals surface area contributed by atoms with Crippen molar-refractivity contribution >= 4 is 23.4 Å². The summed E-state index contributed by atoms with van der Waals surface area (Å²) in [5.74, 6) is -1.76. The molecule has 3 atom stereocenters. The summed E-state index contributed by atoms with van der Waals surface area (Å²) in [4.78, 5) is 13.4. The summed E-state index contributed by atoms with van der Waals surface area (Å²) in [6.45, 7) is 3.78. The van der Waals surface area contributed by atoms with Crippen LogP contribution in [0.1, 0.15) is 20.3 Å². The van der Waals surface area contributed by atoms with E-state index in [2.05, 4.69) is 0 Å². The van der Waals surface area contributed by atoms with Gasteiger partial charge in [-0.3, -0.25) is 4.79 Å². The SMILES string of the molecule is CC(O)C(C)SC1CCN(c2c(F)cccc2F)C1=O. The first-order valence-electron chi connectivity index (χ1n) is 6.50. The van der Waals surface area contributed by atoms with Gasteiger partial charge >= 0.3 is 0 Å². The zero-order chi connectivity index (χ0) is 14.9. The number of carbonyl (C=O) groups is 1. The normalized spacial score (nSPS) is 22.1. The lowest BCUT2D eigenvalue weighted by Gasteiger charge is -2.20. The van der Waals surface area contributed by atoms with E-state index in [1.807, 2.05) is 6.92 Å². The molecule has 20 heavy (non-hydrogen) atoms. The molecule has 0 spiro atoms. The molecular weight excluding hydrogens is 284 g/mol. The zero-order valence-electron chi connectivity index (χ0n) is 11.3. The van der Waals surface area contributed by atoms with E-state index in [0.29, 0.717) is 13.0 Å². The largest absolute Gasteiger partial charge is 0.392 e. The number of hydrogen-bond acceptors (Lipinski definition) is 3. The third kappa shape index (κ3) is 2.96. The van der Waals surface area contributed by atoms with Gasteiger partial charge in [0.25, 0.3) is 0 Å². The van der Waals surface area contributed by atoms with Gasteiger partial charge in [-0.15, -0.1) is 11.8 Å². The van der Waals surface area contributed by atoms with E-state index >= 15 is 0 Å². The lowest BCUT2D eigenvalue weighted by Crippen LogP contribution is -2.31. The van der Waals surface area contributed by atoms with Crippen molar-refractivity contribution in [3.8, 4) is 0 Å². The molecule has 3 unspecified atom stereocenters. The molecule has 0 bridgehead atoms. The first-order chi connectivity index (χ1) is 9.41. The lowest BCUT2D eigenvalue weighted by atomic mass is 10.2. The van der Waals surface area contributed by atoms with Crippen LogP contribution in [0.2, 0.25) is 0 Å². The summed E-state index contributed by atoms with van der Waals surface area (Å²) >= 11 is 1.35. The summed E-state index contributed by atoms with van der Waals surface area (Å²) in [5, 5.41) is 9.01. The topological polar surface area (TPSA) is 40.5 Å². The van der Waals surface area contributed by atoms with Crippen LogP contribution >= 0.6 is 11.8 Å². The van der Waals surface area contributed by atoms with E-state index in [1.165, 1.54) is 17.8 Å². The predicted molar refractivity (Wildman–Crippen MR) is 75.8 cm³/mol. The fourth-order valence-corrected chi connectivity index (χ4v) is 3.35. The number of para-hydroxylation sites is 1. The monoisotopic (exact) mass is 301 g/mol. The highest BCUT2D eigenvalue weighted by Gasteiger charge is 2.36. The minimum absolute atomic E-state index is 0.102. The maximum Gasteiger partial charge on any atom is 0.240 e. The van der Waals surface area contributed by atoms with Crippen LogP contribution in [0, 0.1) is 11.6 Å². The number of carbonyl (C=O) groups excluding carboxylic acids is 1. The van der Waals surface area contributed by atoms with Crippen molar-refractivity contribution in [3.63, 3.8) is 0 Å². The van der Waals surface area contributed by atoms with E-state index in [9.17, 15) is 18.7 Å². The van der Waals surface area contributed by atoms with Gasteiger partial charge in [0.2, 0.25) is 5.91 Å². The Labute approximate surface area is 121 Å². The number of benzene rings is 1. The summed E-state index contributed by atoms with van der Waals surface area (Å²) in [7, 11) is 0. The Balaban J connectivity index is 2.16. The molecule has 2 rings (SSSR count). The zero-order valence-corrected chi connectivity index (χ0v) is 12.2. The lowest BCUT2D eigenvalue weighted by molar-refractivity contribution is -0.116. The Morgan fingerprint density at radius 2 is 1.95 bits per heavy atom. The van der Waals surface area contributed by atoms with Crippen molar-refractivity contribution in [2.75, 3.05) is 11.4 Å². The number of hydrogen-bond donors (Lipinski definition) is 1. The number of thioether (sulfide) groups is 1. The third-order valence-electron chi connectivity index (χ3n) is 3.42. The molecule has 3 nitrogen and oxygen atoms in total. The van der Waals surface area contributed by atoms with Crippen molar-refractivity contribution in [1.29, 1.82) is 0 Å². The fraction of sp³-hybridized carbons (Fsp3) is 0.500. The first kappa shape index (κ1) is 15.3. The molecule has 0 saturated carbocycles. The van der Waals surface area contributed by atoms with Crippen molar-refractivity contribution in [2.24, 2.45) is 0 Å². The molecule has 1 aromatic rings. The molecule has 1 fully saturated rings. The van der Waals surface area contributed by atoms with Gasteiger partial charge in [-0.2, -0.15) is 0 Å². The molecule has 1 saturated heterocycles. The Hall–Kier alpha value is -1.14. The van der Waals surface area contributed by atoms with Crippen LogP contribution in [-0.4, -0.2) is 34.2 Å². The molecule has 1 aliphatic heterocycles. The highest BCUT2D eigenvalue weighted by Crippen LogP contribution is 2.34. The molecule has 1 aromatic carbocycles. The summed E-state index contributed by atoms with van der Waals surface area (Å²) < 4.78 is 27.4. The van der Waals surface area contributed by atoms with Gasteiger partial charge < -0.3 is 10.0 Å². The molecule has 110 valence electrons. The molecule has 0 aliphatic carbocycles. The highest BCUT2D eigenvalue weighted by molar-refractivity contribution is 8.01. The number of halogens is 2. The summed E-state index contributed by atoms with van der Waals surface area (Å²) in [6, 6.07) is 3.56. The van der Waals surface area contributed by atoms with Gasteiger partial charge in [-0.1, -0.05) is 13.0 Å². The Kier molecular flexibility index (Phi) is 4.65. The summed E-state index contributed by atoms with van der Waals surface area (Å²) in [6.07, 6.45) is -0.0130. The molecule has 0 radical (unpaired) electrons. The molecule has 6 heteroatoms. The fourth-order valence-electron chi connectivity index (χ4n) is 2.12. The van der Waals surface area contributed by atoms with Gasteiger partial charge in [0.15, 0.2) is 0 Å². The van der Waals surface area contributed by atoms with Gasteiger partial charge in [0.1, 0.15) is 17.3 Å². The van der Waals surface area contributed by atoms with Gasteiger partial charge in [-0.05, 0) is 25.5 Å². The van der Waals surface area contributed by atoms with Crippen molar-refractivity contribution in [3.05, 3.63) is 29.8 Å². The van der Waals surface area contributed by atoms with Gasteiger partial charge in [-0.25, -0.2) is 8.78 Å². The van der Waals surface area contributed by atoms with Gasteiger partial charge in [0.05, 0.1) is 11.4 Å². The highest BCUT2D eigenvalue weighted by atomic mass is 32.2. The molecule has 1 heterocycles. The Morgan fingerprint density at radius 3 is 2.50 bits per heavy atom. The van der Waals surface area contributed by atoms with Crippen LogP contribution in [0.5, 0.6) is 0 Å². The van der Waals surface area contributed by atoms with Crippen molar-refractivity contribution in [1.82, 2.24) is 0 Å². The van der Waals surface area contributed by atoms with E-state index in [4.69, 9.17) is 0 Å². The number of amides is 1. The van der Waals surface area contributed by atoms with Crippen LogP contribution in [0.4, 0.5) is 14.5 Å². The van der Waals surface area contributed by atoms with E-state index in [0.717, 1.165) is 17.0 Å². The quantitative estimate of drug-likeness (QED) is 0.929. The van der Waals surface area contributed by atoms with Crippen molar-refractivity contribution in [2.45, 2.75) is 36.9 Å². The minimum atomic E-state index is -0.729. The number of rotatable bonds is 4. The molecule has 0 aromatic heterocycles. The third-order valence-corrected chi connectivity index (χ3v) is 5.01. The molecule has 1 aliphatic rings. The maximum absolute atomic E-state index is 13.7. The Bertz CT molecular complexity index is 490. The van der Waals surface area contributed by atoms with Crippen LogP contribution in [0.3, 0.4) is 0 Å². The van der Waals surface area contributed by atoms with Gasteiger partial charge in [0, 0.05) is 11.8 Å². The van der Waals surface area contributed by atoms with Crippen LogP contribution in [0.25, 0.3) is 0 Å². The minimum Gasteiger partial charge on any atom is -0.392 e. The number of aliphatic hydroxyl groups excluding tert-OH is 1. The number of anilines is 1. The smallest absolute Gasteiger partial charge is 0.240 e. The second-order valence-electron chi connectivity index (χ2n) is 4.92. The van der Waals surface area contributed by atoms with E-state index in [-0.39, 0.29) is 22.1 Å². The molecule has 1 N–H and O–H groups in total. The van der Waals surface area contributed by atoms with Crippen LogP contribution in [-0.2, 0) is 4.79 Å². The maximum atomic E-state index is 13.7. The molecular formula is C14H17F2NO2S. The predicted octanol–water partition coefficient (Wildman–Crippen LogP) is 2.57. The Morgan fingerprint density at radius 1 is 1.35 bits per heavy atom. The number of aliphatic hydroxyl groups is 1. The van der Waals surface area contributed by atoms with Crippen LogP contribution < -0.4 is 4.90 Å². The second-order valence-corrected chi connectivity index (χ2v) is 6.50. The van der Waals surface area contributed by atoms with Crippen molar-refractivity contribution < 1.29 is 18.7 Å². The van der Waals surface area contributed by atoms with E-state index in [1.54, 1.807) is 6.92 Å². The molecule has 1 amide bonds. The average Bonchev–Trinajstić information content (AvgIpc) is 2.71. The average molecular weight is 301 g/mol. The summed E-state index contributed by atoms with van der Waals surface area (Å²) in [5.41, 5.74) is -0.273. The van der Waals surface area contributed by atoms with Crippen LogP contribution in [0.15, 0.2) is 18.2 Å². The van der Waals surface area contributed by atoms with E-state index < -0.39 is 17.7 Å². The second kappa shape index (κ2) is 6.10. The standard InChI is InChI=1S/C14H17F2NO2S/c1-8(18)9(2)20-12-6-7-17(14(12)19)13-10(15)4-3-5-11(13)16/h3-5,8-9,12,18H,6-7H2,1-2H3.